The molecule has 0 amide bonds. The van der Waals surface area contributed by atoms with Gasteiger partial charge in [-0.2, -0.15) is 4.98 Å². The third-order valence-electron chi connectivity index (χ3n) is 4.99. The molecule has 0 radical (unpaired) electrons. The molecule has 146 valence electrons. The fourth-order valence-corrected chi connectivity index (χ4v) is 3.44. The van der Waals surface area contributed by atoms with Crippen molar-refractivity contribution >= 4 is 22.6 Å². The normalized spacial score (nSPS) is 11.6. The number of aromatic nitrogens is 5. The highest BCUT2D eigenvalue weighted by atomic mass is 19.1. The van der Waals surface area contributed by atoms with E-state index in [2.05, 4.69) is 10.3 Å². The molecule has 0 spiro atoms. The average molecular weight is 384 g/mol. The Morgan fingerprint density at radius 2 is 1.82 bits per heavy atom. The molecule has 9 heteroatoms. The summed E-state index contributed by atoms with van der Waals surface area (Å²) in [6.45, 7) is 3.35. The van der Waals surface area contributed by atoms with Gasteiger partial charge in [0, 0.05) is 44.8 Å². The summed E-state index contributed by atoms with van der Waals surface area (Å²) in [5.41, 5.74) is 1.85. The minimum absolute atomic E-state index is 0.261. The van der Waals surface area contributed by atoms with Crippen LogP contribution in [0, 0.1) is 12.7 Å². The summed E-state index contributed by atoms with van der Waals surface area (Å²) in [4.78, 5) is 29.3. The van der Waals surface area contributed by atoms with Gasteiger partial charge in [0.2, 0.25) is 5.78 Å². The molecule has 0 aliphatic carbocycles. The summed E-state index contributed by atoms with van der Waals surface area (Å²) in [7, 11) is 3.08. The Morgan fingerprint density at radius 1 is 1.11 bits per heavy atom. The van der Waals surface area contributed by atoms with Gasteiger partial charge >= 0.3 is 5.69 Å². The molecule has 3 aromatic heterocycles. The predicted octanol–water partition coefficient (Wildman–Crippen LogP) is 1.64. The first-order valence-corrected chi connectivity index (χ1v) is 9.02. The maximum absolute atomic E-state index is 13.0. The Labute approximate surface area is 159 Å². The predicted molar refractivity (Wildman–Crippen MR) is 105 cm³/mol. The molecule has 1 aromatic carbocycles. The van der Waals surface area contributed by atoms with Crippen molar-refractivity contribution < 1.29 is 4.39 Å². The van der Waals surface area contributed by atoms with Crippen LogP contribution in [-0.2, 0) is 20.6 Å². The summed E-state index contributed by atoms with van der Waals surface area (Å²) in [6, 6.07) is 6.24. The third kappa shape index (κ3) is 2.79. The number of anilines is 1. The molecule has 3 heterocycles. The summed E-state index contributed by atoms with van der Waals surface area (Å²) < 4.78 is 19.2. The second kappa shape index (κ2) is 6.66. The number of fused-ring (bicyclic) bond motifs is 3. The van der Waals surface area contributed by atoms with Crippen LogP contribution < -0.4 is 16.6 Å². The standard InChI is InChI=1S/C19H21FN6O2/c1-12-11-26-15-16(23(2)19(28)24(3)17(15)27)22-18(26)25(12)10-4-9-21-14-7-5-13(20)6-8-14/h5-8,11,21H,4,9-10H2,1-3H3. The highest BCUT2D eigenvalue weighted by Gasteiger charge is 2.18. The number of nitrogens with one attached hydrogen (secondary N) is 1. The fourth-order valence-electron chi connectivity index (χ4n) is 3.44. The van der Waals surface area contributed by atoms with Gasteiger partial charge in [0.1, 0.15) is 5.82 Å². The Hall–Kier alpha value is -3.36. The molecule has 0 saturated carbocycles. The molecule has 0 saturated heterocycles. The molecule has 0 fully saturated rings. The lowest BCUT2D eigenvalue weighted by Crippen LogP contribution is -2.37. The van der Waals surface area contributed by atoms with E-state index >= 15 is 0 Å². The molecule has 0 aliphatic heterocycles. The van der Waals surface area contributed by atoms with Crippen molar-refractivity contribution in [2.45, 2.75) is 19.9 Å². The molecule has 0 aliphatic rings. The van der Waals surface area contributed by atoms with Crippen molar-refractivity contribution in [3.05, 3.63) is 62.8 Å². The van der Waals surface area contributed by atoms with Crippen LogP contribution in [0.5, 0.6) is 0 Å². The maximum atomic E-state index is 13.0. The smallest absolute Gasteiger partial charge is 0.332 e. The van der Waals surface area contributed by atoms with Gasteiger partial charge in [0.25, 0.3) is 5.56 Å². The molecule has 8 nitrogen and oxygen atoms in total. The fraction of sp³-hybridized carbons (Fsp3) is 0.316. The number of benzene rings is 1. The molecular weight excluding hydrogens is 363 g/mol. The number of imidazole rings is 2. The molecule has 4 rings (SSSR count). The first kappa shape index (κ1) is 18.0. The van der Waals surface area contributed by atoms with Crippen LogP contribution in [0.3, 0.4) is 0 Å². The number of nitrogens with zero attached hydrogens (tertiary/aromatic N) is 5. The second-order valence-electron chi connectivity index (χ2n) is 6.87. The zero-order valence-electron chi connectivity index (χ0n) is 15.9. The van der Waals surface area contributed by atoms with Crippen molar-refractivity contribution in [1.29, 1.82) is 0 Å². The number of halogens is 1. The Balaban J connectivity index is 1.62. The SMILES string of the molecule is Cc1cn2c3c(=O)n(C)c(=O)n(C)c3nc2n1CCCNc1ccc(F)cc1. The van der Waals surface area contributed by atoms with Gasteiger partial charge in [-0.3, -0.25) is 18.3 Å². The van der Waals surface area contributed by atoms with Crippen LogP contribution in [0.4, 0.5) is 10.1 Å². The first-order chi connectivity index (χ1) is 13.4. The number of hydrogen-bond donors (Lipinski definition) is 1. The van der Waals surface area contributed by atoms with Gasteiger partial charge in [-0.1, -0.05) is 0 Å². The van der Waals surface area contributed by atoms with Crippen LogP contribution in [-0.4, -0.2) is 29.6 Å². The second-order valence-corrected chi connectivity index (χ2v) is 6.87. The Bertz CT molecular complexity index is 1290. The van der Waals surface area contributed by atoms with E-state index in [9.17, 15) is 14.0 Å². The van der Waals surface area contributed by atoms with Gasteiger partial charge in [-0.05, 0) is 37.6 Å². The van der Waals surface area contributed by atoms with Crippen LogP contribution in [0.15, 0.2) is 40.1 Å². The minimum atomic E-state index is -0.398. The van der Waals surface area contributed by atoms with Crippen LogP contribution in [0.25, 0.3) is 16.9 Å². The highest BCUT2D eigenvalue weighted by molar-refractivity contribution is 5.75. The topological polar surface area (TPSA) is 78.3 Å². The van der Waals surface area contributed by atoms with Crippen molar-refractivity contribution in [3.8, 4) is 0 Å². The van der Waals surface area contributed by atoms with Crippen molar-refractivity contribution in [2.75, 3.05) is 11.9 Å². The van der Waals surface area contributed by atoms with Gasteiger partial charge in [-0.15, -0.1) is 0 Å². The van der Waals surface area contributed by atoms with Crippen LogP contribution >= 0.6 is 0 Å². The number of hydrogen-bond acceptors (Lipinski definition) is 4. The van der Waals surface area contributed by atoms with Crippen LogP contribution in [0.1, 0.15) is 12.1 Å². The average Bonchev–Trinajstić information content (AvgIpc) is 3.18. The molecule has 0 bridgehead atoms. The van der Waals surface area contributed by atoms with E-state index in [1.807, 2.05) is 17.7 Å². The summed E-state index contributed by atoms with van der Waals surface area (Å²) in [5.74, 6) is 0.371. The Kier molecular flexibility index (Phi) is 4.29. The lowest BCUT2D eigenvalue weighted by Gasteiger charge is -2.08. The van der Waals surface area contributed by atoms with E-state index in [-0.39, 0.29) is 11.4 Å². The van der Waals surface area contributed by atoms with E-state index in [0.29, 0.717) is 30.0 Å². The van der Waals surface area contributed by atoms with Gasteiger partial charge < -0.3 is 9.88 Å². The van der Waals surface area contributed by atoms with Gasteiger partial charge in [-0.25, -0.2) is 9.18 Å². The van der Waals surface area contributed by atoms with Crippen molar-refractivity contribution in [3.63, 3.8) is 0 Å². The number of rotatable bonds is 5. The summed E-state index contributed by atoms with van der Waals surface area (Å²) >= 11 is 0. The first-order valence-electron chi connectivity index (χ1n) is 9.02. The summed E-state index contributed by atoms with van der Waals surface area (Å²) in [5, 5.41) is 3.26. The molecule has 0 atom stereocenters. The maximum Gasteiger partial charge on any atom is 0.332 e. The third-order valence-corrected chi connectivity index (χ3v) is 4.99. The van der Waals surface area contributed by atoms with E-state index in [1.54, 1.807) is 23.6 Å². The molecule has 1 N–H and O–H groups in total. The van der Waals surface area contributed by atoms with Crippen molar-refractivity contribution in [2.24, 2.45) is 14.1 Å². The zero-order valence-corrected chi connectivity index (χ0v) is 15.9. The quantitative estimate of drug-likeness (QED) is 0.531. The molecule has 4 aromatic rings. The van der Waals surface area contributed by atoms with E-state index in [0.717, 1.165) is 22.4 Å². The molecule has 0 unspecified atom stereocenters. The zero-order chi connectivity index (χ0) is 20.0. The van der Waals surface area contributed by atoms with Gasteiger partial charge in [0.15, 0.2) is 11.2 Å². The lowest BCUT2D eigenvalue weighted by molar-refractivity contribution is 0.627. The minimum Gasteiger partial charge on any atom is -0.385 e. The van der Waals surface area contributed by atoms with Gasteiger partial charge in [0.05, 0.1) is 0 Å². The molecule has 28 heavy (non-hydrogen) atoms. The summed E-state index contributed by atoms with van der Waals surface area (Å²) in [6.07, 6.45) is 2.67. The van der Waals surface area contributed by atoms with Crippen LogP contribution in [0.2, 0.25) is 0 Å². The largest absolute Gasteiger partial charge is 0.385 e. The Morgan fingerprint density at radius 3 is 2.54 bits per heavy atom. The van der Waals surface area contributed by atoms with E-state index in [1.165, 1.54) is 23.7 Å². The monoisotopic (exact) mass is 384 g/mol. The highest BCUT2D eigenvalue weighted by Crippen LogP contribution is 2.16. The van der Waals surface area contributed by atoms with E-state index < -0.39 is 5.69 Å². The molecular formula is C19H21FN6O2. The lowest BCUT2D eigenvalue weighted by atomic mass is 10.3. The number of aryl methyl sites for hydroxylation is 3. The van der Waals surface area contributed by atoms with E-state index in [4.69, 9.17) is 0 Å². The van der Waals surface area contributed by atoms with Crippen molar-refractivity contribution in [1.82, 2.24) is 23.1 Å².